The number of hydrogen-bond acceptors (Lipinski definition) is 3. The molecule has 5 nitrogen and oxygen atoms in total. The average molecular weight is 223 g/mol. The van der Waals surface area contributed by atoms with Crippen LogP contribution in [-0.2, 0) is 11.8 Å². The Morgan fingerprint density at radius 2 is 2.44 bits per heavy atom. The zero-order valence-electron chi connectivity index (χ0n) is 9.69. The van der Waals surface area contributed by atoms with E-state index < -0.39 is 0 Å². The molecule has 1 aromatic heterocycles. The number of imidazole rings is 1. The summed E-state index contributed by atoms with van der Waals surface area (Å²) in [6.07, 6.45) is 3.12. The zero-order chi connectivity index (χ0) is 12.0. The third kappa shape index (κ3) is 3.86. The van der Waals surface area contributed by atoms with Gasteiger partial charge in [0.1, 0.15) is 5.69 Å². The first kappa shape index (κ1) is 12.4. The lowest BCUT2D eigenvalue weighted by Crippen LogP contribution is -2.28. The number of nitrogens with one attached hydrogen (secondary N) is 1. The molecule has 0 saturated heterocycles. The Hall–Kier alpha value is -1.62. The molecule has 0 radical (unpaired) electrons. The van der Waals surface area contributed by atoms with E-state index in [4.69, 9.17) is 4.74 Å². The molecule has 0 saturated carbocycles. The van der Waals surface area contributed by atoms with Crippen LogP contribution in [0.15, 0.2) is 24.7 Å². The highest BCUT2D eigenvalue weighted by molar-refractivity contribution is 5.92. The first-order chi connectivity index (χ1) is 7.61. The minimum Gasteiger partial charge on any atom is -0.375 e. The smallest absolute Gasteiger partial charge is 0.269 e. The van der Waals surface area contributed by atoms with Crippen LogP contribution in [-0.4, -0.2) is 35.2 Å². The number of nitrogens with zero attached hydrogens (tertiary/aromatic N) is 2. The van der Waals surface area contributed by atoms with Gasteiger partial charge in [-0.1, -0.05) is 12.2 Å². The molecule has 0 unspecified atom stereocenters. The van der Waals surface area contributed by atoms with Crippen LogP contribution in [0.4, 0.5) is 0 Å². The van der Waals surface area contributed by atoms with Crippen LogP contribution in [0, 0.1) is 0 Å². The molecule has 1 N–H and O–H groups in total. The Morgan fingerprint density at radius 3 is 3.00 bits per heavy atom. The summed E-state index contributed by atoms with van der Waals surface area (Å²) in [4.78, 5) is 15.4. The third-order valence-corrected chi connectivity index (χ3v) is 1.93. The minimum absolute atomic E-state index is 0.140. The van der Waals surface area contributed by atoms with E-state index in [0.717, 1.165) is 5.57 Å². The maximum Gasteiger partial charge on any atom is 0.269 e. The fourth-order valence-electron chi connectivity index (χ4n) is 1.15. The molecule has 1 aromatic rings. The first-order valence-corrected chi connectivity index (χ1v) is 5.08. The van der Waals surface area contributed by atoms with Gasteiger partial charge in [0.2, 0.25) is 0 Å². The van der Waals surface area contributed by atoms with Crippen molar-refractivity contribution >= 4 is 5.91 Å². The lowest BCUT2D eigenvalue weighted by molar-refractivity contribution is 0.0919. The van der Waals surface area contributed by atoms with Crippen molar-refractivity contribution in [2.75, 3.05) is 19.8 Å². The van der Waals surface area contributed by atoms with Crippen molar-refractivity contribution in [3.8, 4) is 0 Å². The van der Waals surface area contributed by atoms with Gasteiger partial charge in [-0.15, -0.1) is 0 Å². The van der Waals surface area contributed by atoms with Gasteiger partial charge < -0.3 is 14.6 Å². The standard InChI is InChI=1S/C11H17N3O2/c1-9(2)7-16-5-4-13-11(15)10-6-12-8-14(10)3/h6,8H,1,4-5,7H2,2-3H3,(H,13,15). The Balaban J connectivity index is 2.21. The highest BCUT2D eigenvalue weighted by atomic mass is 16.5. The molecule has 16 heavy (non-hydrogen) atoms. The van der Waals surface area contributed by atoms with Gasteiger partial charge in [0.15, 0.2) is 0 Å². The Labute approximate surface area is 95.1 Å². The van der Waals surface area contributed by atoms with Crippen LogP contribution in [0.25, 0.3) is 0 Å². The quantitative estimate of drug-likeness (QED) is 0.571. The van der Waals surface area contributed by atoms with E-state index in [1.54, 1.807) is 17.9 Å². The van der Waals surface area contributed by atoms with E-state index in [1.165, 1.54) is 6.20 Å². The number of carbonyl (C=O) groups excluding carboxylic acids is 1. The van der Waals surface area contributed by atoms with Crippen molar-refractivity contribution in [3.05, 3.63) is 30.4 Å². The van der Waals surface area contributed by atoms with Gasteiger partial charge in [-0.2, -0.15) is 0 Å². The van der Waals surface area contributed by atoms with Crippen molar-refractivity contribution in [2.45, 2.75) is 6.92 Å². The first-order valence-electron chi connectivity index (χ1n) is 5.08. The molecule has 0 fully saturated rings. The van der Waals surface area contributed by atoms with Gasteiger partial charge in [-0.05, 0) is 6.92 Å². The number of aryl methyl sites for hydroxylation is 1. The number of amides is 1. The maximum atomic E-state index is 11.6. The Bertz CT molecular complexity index is 371. The average Bonchev–Trinajstić information content (AvgIpc) is 2.63. The van der Waals surface area contributed by atoms with E-state index in [1.807, 2.05) is 6.92 Å². The summed E-state index contributed by atoms with van der Waals surface area (Å²) in [5, 5.41) is 2.75. The summed E-state index contributed by atoms with van der Waals surface area (Å²) in [5.41, 5.74) is 1.51. The molecule has 5 heteroatoms. The molecule has 1 heterocycles. The van der Waals surface area contributed by atoms with Crippen LogP contribution in [0.2, 0.25) is 0 Å². The second-order valence-corrected chi connectivity index (χ2v) is 3.66. The molecule has 0 bridgehead atoms. The van der Waals surface area contributed by atoms with E-state index in [-0.39, 0.29) is 5.91 Å². The molecule has 0 aliphatic rings. The zero-order valence-corrected chi connectivity index (χ0v) is 9.69. The van der Waals surface area contributed by atoms with Crippen LogP contribution in [0.3, 0.4) is 0 Å². The minimum atomic E-state index is -0.140. The topological polar surface area (TPSA) is 56.1 Å². The van der Waals surface area contributed by atoms with Crippen molar-refractivity contribution in [1.82, 2.24) is 14.9 Å². The normalized spacial score (nSPS) is 10.1. The summed E-state index contributed by atoms with van der Waals surface area (Å²) in [5.74, 6) is -0.140. The predicted octanol–water partition coefficient (Wildman–Crippen LogP) is 0.743. The van der Waals surface area contributed by atoms with Crippen LogP contribution in [0.1, 0.15) is 17.4 Å². The number of hydrogen-bond donors (Lipinski definition) is 1. The largest absolute Gasteiger partial charge is 0.375 e. The summed E-state index contributed by atoms with van der Waals surface area (Å²) in [7, 11) is 1.78. The second kappa shape index (κ2) is 6.07. The highest BCUT2D eigenvalue weighted by Gasteiger charge is 2.07. The van der Waals surface area contributed by atoms with E-state index >= 15 is 0 Å². The molecule has 1 amide bonds. The van der Waals surface area contributed by atoms with Crippen molar-refractivity contribution in [1.29, 1.82) is 0 Å². The molecule has 0 atom stereocenters. The molecular formula is C11H17N3O2. The molecule has 0 aromatic carbocycles. The maximum absolute atomic E-state index is 11.6. The van der Waals surface area contributed by atoms with Gasteiger partial charge >= 0.3 is 0 Å². The Kier molecular flexibility index (Phi) is 4.72. The summed E-state index contributed by atoms with van der Waals surface area (Å²) in [6, 6.07) is 0. The number of carbonyl (C=O) groups is 1. The molecule has 0 aliphatic heterocycles. The van der Waals surface area contributed by atoms with E-state index in [9.17, 15) is 4.79 Å². The van der Waals surface area contributed by atoms with Crippen molar-refractivity contribution in [2.24, 2.45) is 7.05 Å². The van der Waals surface area contributed by atoms with E-state index in [2.05, 4.69) is 16.9 Å². The number of rotatable bonds is 6. The summed E-state index contributed by atoms with van der Waals surface area (Å²) in [6.45, 7) is 7.11. The SMILES string of the molecule is C=C(C)COCCNC(=O)c1cncn1C. The van der Waals surface area contributed by atoms with Crippen LogP contribution < -0.4 is 5.32 Å². The number of aromatic nitrogens is 2. The monoisotopic (exact) mass is 223 g/mol. The molecule has 0 aliphatic carbocycles. The highest BCUT2D eigenvalue weighted by Crippen LogP contribution is 1.95. The molecular weight excluding hydrogens is 206 g/mol. The van der Waals surface area contributed by atoms with Gasteiger partial charge in [0.25, 0.3) is 5.91 Å². The van der Waals surface area contributed by atoms with Crippen LogP contribution >= 0.6 is 0 Å². The summed E-state index contributed by atoms with van der Waals surface area (Å²) < 4.78 is 6.93. The summed E-state index contributed by atoms with van der Waals surface area (Å²) >= 11 is 0. The lowest BCUT2D eigenvalue weighted by atomic mass is 10.4. The van der Waals surface area contributed by atoms with Gasteiger partial charge in [0.05, 0.1) is 25.7 Å². The van der Waals surface area contributed by atoms with Gasteiger partial charge in [0, 0.05) is 13.6 Å². The fraction of sp³-hybridized carbons (Fsp3) is 0.455. The molecule has 1 rings (SSSR count). The third-order valence-electron chi connectivity index (χ3n) is 1.93. The van der Waals surface area contributed by atoms with E-state index in [0.29, 0.717) is 25.5 Å². The van der Waals surface area contributed by atoms with Gasteiger partial charge in [-0.3, -0.25) is 4.79 Å². The van der Waals surface area contributed by atoms with Crippen molar-refractivity contribution < 1.29 is 9.53 Å². The van der Waals surface area contributed by atoms with Crippen molar-refractivity contribution in [3.63, 3.8) is 0 Å². The lowest BCUT2D eigenvalue weighted by Gasteiger charge is -2.06. The molecule has 88 valence electrons. The number of ether oxygens (including phenoxy) is 1. The second-order valence-electron chi connectivity index (χ2n) is 3.66. The van der Waals surface area contributed by atoms with Gasteiger partial charge in [-0.25, -0.2) is 4.98 Å². The fourth-order valence-corrected chi connectivity index (χ4v) is 1.15. The predicted molar refractivity (Wildman–Crippen MR) is 61.2 cm³/mol. The van der Waals surface area contributed by atoms with Crippen LogP contribution in [0.5, 0.6) is 0 Å². The molecule has 0 spiro atoms. The Morgan fingerprint density at radius 1 is 1.69 bits per heavy atom.